The number of amides is 2. The molecule has 0 saturated carbocycles. The van der Waals surface area contributed by atoms with E-state index in [9.17, 15) is 18.4 Å². The van der Waals surface area contributed by atoms with E-state index in [4.69, 9.17) is 4.42 Å². The van der Waals surface area contributed by atoms with Crippen molar-refractivity contribution in [3.8, 4) is 11.5 Å². The van der Waals surface area contributed by atoms with Crippen LogP contribution in [0.1, 0.15) is 47.3 Å². The first-order valence-corrected chi connectivity index (χ1v) is 11.0. The molecule has 0 atom stereocenters. The molecule has 2 amide bonds. The van der Waals surface area contributed by atoms with Gasteiger partial charge < -0.3 is 14.6 Å². The average molecular weight is 453 g/mol. The molecule has 1 aliphatic rings. The van der Waals surface area contributed by atoms with E-state index >= 15 is 0 Å². The fourth-order valence-electron chi connectivity index (χ4n) is 3.78. The third kappa shape index (κ3) is 5.27. The number of rotatable bonds is 6. The minimum absolute atomic E-state index is 0.0498. The molecular weight excluding hydrogens is 428 g/mol. The number of aromatic nitrogens is 1. The molecule has 3 aromatic rings. The van der Waals surface area contributed by atoms with Crippen LogP contribution in [0, 0.1) is 0 Å². The number of halogens is 2. The van der Waals surface area contributed by atoms with Crippen LogP contribution < -0.4 is 5.32 Å². The summed E-state index contributed by atoms with van der Waals surface area (Å²) in [6.07, 6.45) is 5.61. The molecule has 0 bridgehead atoms. The van der Waals surface area contributed by atoms with E-state index < -0.39 is 11.8 Å². The van der Waals surface area contributed by atoms with Gasteiger partial charge in [0.05, 0.1) is 0 Å². The Labute approximate surface area is 190 Å². The molecule has 1 aromatic heterocycles. The summed E-state index contributed by atoms with van der Waals surface area (Å²) in [5.41, 5.74) is 1.21. The van der Waals surface area contributed by atoms with Crippen molar-refractivity contribution in [3.05, 3.63) is 77.7 Å². The fourth-order valence-corrected chi connectivity index (χ4v) is 3.78. The first kappa shape index (κ1) is 22.6. The number of hydrogen-bond acceptors (Lipinski definition) is 4. The smallest absolute Gasteiger partial charge is 0.349 e. The van der Waals surface area contributed by atoms with Crippen molar-refractivity contribution >= 4 is 11.8 Å². The summed E-state index contributed by atoms with van der Waals surface area (Å²) in [4.78, 5) is 30.8. The summed E-state index contributed by atoms with van der Waals surface area (Å²) in [7, 11) is 0. The van der Waals surface area contributed by atoms with Crippen molar-refractivity contribution in [1.82, 2.24) is 15.2 Å². The minimum atomic E-state index is -3.62. The zero-order chi connectivity index (χ0) is 23.3. The largest absolute Gasteiger partial charge is 0.444 e. The Balaban J connectivity index is 1.37. The van der Waals surface area contributed by atoms with Crippen molar-refractivity contribution in [2.24, 2.45) is 0 Å². The van der Waals surface area contributed by atoms with Gasteiger partial charge in [0.15, 0.2) is 5.69 Å². The standard InChI is InChI=1S/C25H25F2N3O3/c26-25(27,20-8-4-3-5-9-20)24(32)28-16-18-10-12-19(13-11-18)22-29-21(17-33-22)23(31)30-14-6-1-2-7-15-30/h3-5,8-13,17H,1-2,6-7,14-16H2,(H,28,32). The Hall–Kier alpha value is -3.55. The van der Waals surface area contributed by atoms with Crippen molar-refractivity contribution in [2.75, 3.05) is 13.1 Å². The van der Waals surface area contributed by atoms with E-state index in [1.807, 2.05) is 4.90 Å². The highest BCUT2D eigenvalue weighted by molar-refractivity contribution is 5.92. The number of nitrogens with zero attached hydrogens (tertiary/aromatic N) is 2. The first-order valence-electron chi connectivity index (χ1n) is 11.0. The van der Waals surface area contributed by atoms with Gasteiger partial charge >= 0.3 is 5.92 Å². The highest BCUT2D eigenvalue weighted by Gasteiger charge is 2.40. The van der Waals surface area contributed by atoms with Gasteiger partial charge in [-0.05, 0) is 30.5 Å². The van der Waals surface area contributed by atoms with E-state index in [2.05, 4.69) is 10.3 Å². The summed E-state index contributed by atoms with van der Waals surface area (Å²) in [6.45, 7) is 1.40. The average Bonchev–Trinajstić information content (AvgIpc) is 3.18. The van der Waals surface area contributed by atoms with Crippen LogP contribution in [-0.2, 0) is 17.3 Å². The predicted octanol–water partition coefficient (Wildman–Crippen LogP) is 4.77. The maximum atomic E-state index is 14.3. The maximum absolute atomic E-state index is 14.3. The van der Waals surface area contributed by atoms with Gasteiger partial charge in [-0.15, -0.1) is 0 Å². The van der Waals surface area contributed by atoms with Crippen LogP contribution in [0.25, 0.3) is 11.5 Å². The number of nitrogens with one attached hydrogen (secondary N) is 1. The van der Waals surface area contributed by atoms with E-state index in [1.54, 1.807) is 30.3 Å². The molecule has 33 heavy (non-hydrogen) atoms. The molecule has 1 aliphatic heterocycles. The molecule has 8 heteroatoms. The van der Waals surface area contributed by atoms with Crippen molar-refractivity contribution in [3.63, 3.8) is 0 Å². The highest BCUT2D eigenvalue weighted by atomic mass is 19.3. The van der Waals surface area contributed by atoms with Gasteiger partial charge in [0.2, 0.25) is 5.89 Å². The minimum Gasteiger partial charge on any atom is -0.444 e. The SMILES string of the molecule is O=C(c1coc(-c2ccc(CNC(=O)C(F)(F)c3ccccc3)cc2)n1)N1CCCCCC1. The van der Waals surface area contributed by atoms with Gasteiger partial charge in [0.25, 0.3) is 11.8 Å². The Morgan fingerprint density at radius 3 is 2.30 bits per heavy atom. The predicted molar refractivity (Wildman–Crippen MR) is 118 cm³/mol. The molecule has 172 valence electrons. The van der Waals surface area contributed by atoms with Crippen LogP contribution in [-0.4, -0.2) is 34.8 Å². The normalized spacial score (nSPS) is 14.5. The van der Waals surface area contributed by atoms with Crippen LogP contribution in [0.3, 0.4) is 0 Å². The lowest BCUT2D eigenvalue weighted by molar-refractivity contribution is -0.147. The summed E-state index contributed by atoms with van der Waals surface area (Å²) in [6, 6.07) is 13.8. The second kappa shape index (κ2) is 9.94. The number of likely N-dealkylation sites (tertiary alicyclic amines) is 1. The zero-order valence-electron chi connectivity index (χ0n) is 18.1. The van der Waals surface area contributed by atoms with Crippen LogP contribution in [0.2, 0.25) is 0 Å². The Morgan fingerprint density at radius 1 is 0.970 bits per heavy atom. The summed E-state index contributed by atoms with van der Waals surface area (Å²) in [5.74, 6) is -4.80. The summed E-state index contributed by atoms with van der Waals surface area (Å²) < 4.78 is 34.1. The lowest BCUT2D eigenvalue weighted by Gasteiger charge is -2.18. The summed E-state index contributed by atoms with van der Waals surface area (Å²) >= 11 is 0. The molecule has 1 saturated heterocycles. The molecule has 0 radical (unpaired) electrons. The third-order valence-corrected chi connectivity index (χ3v) is 5.69. The van der Waals surface area contributed by atoms with E-state index in [-0.39, 0.29) is 23.7 Å². The fraction of sp³-hybridized carbons (Fsp3) is 0.320. The molecule has 1 N–H and O–H groups in total. The van der Waals surface area contributed by atoms with Gasteiger partial charge in [-0.3, -0.25) is 9.59 Å². The molecule has 2 heterocycles. The number of benzene rings is 2. The first-order chi connectivity index (χ1) is 15.9. The zero-order valence-corrected chi connectivity index (χ0v) is 18.1. The van der Waals surface area contributed by atoms with Crippen LogP contribution >= 0.6 is 0 Å². The topological polar surface area (TPSA) is 75.4 Å². The third-order valence-electron chi connectivity index (χ3n) is 5.69. The number of carbonyl (C=O) groups excluding carboxylic acids is 2. The number of hydrogen-bond donors (Lipinski definition) is 1. The molecule has 0 unspecified atom stereocenters. The molecule has 0 spiro atoms. The quantitative estimate of drug-likeness (QED) is 0.584. The number of carbonyl (C=O) groups is 2. The molecule has 0 aliphatic carbocycles. The lowest BCUT2D eigenvalue weighted by Crippen LogP contribution is -2.37. The van der Waals surface area contributed by atoms with Crippen LogP contribution in [0.5, 0.6) is 0 Å². The van der Waals surface area contributed by atoms with Gasteiger partial charge in [0, 0.05) is 30.8 Å². The lowest BCUT2D eigenvalue weighted by atomic mass is 10.1. The van der Waals surface area contributed by atoms with Crippen molar-refractivity contribution in [2.45, 2.75) is 38.2 Å². The Bertz CT molecular complexity index is 1090. The monoisotopic (exact) mass is 453 g/mol. The number of oxazole rings is 1. The Morgan fingerprint density at radius 2 is 1.64 bits per heavy atom. The summed E-state index contributed by atoms with van der Waals surface area (Å²) in [5, 5.41) is 2.28. The Kier molecular flexibility index (Phi) is 6.82. The van der Waals surface area contributed by atoms with Crippen molar-refractivity contribution in [1.29, 1.82) is 0 Å². The van der Waals surface area contributed by atoms with Crippen LogP contribution in [0.4, 0.5) is 8.78 Å². The van der Waals surface area contributed by atoms with E-state index in [0.717, 1.165) is 38.8 Å². The van der Waals surface area contributed by atoms with Gasteiger partial charge in [-0.2, -0.15) is 8.78 Å². The highest BCUT2D eigenvalue weighted by Crippen LogP contribution is 2.28. The van der Waals surface area contributed by atoms with Crippen molar-refractivity contribution < 1.29 is 22.8 Å². The molecule has 6 nitrogen and oxygen atoms in total. The number of alkyl halides is 2. The second-order valence-corrected chi connectivity index (χ2v) is 8.06. The van der Waals surface area contributed by atoms with Gasteiger partial charge in [-0.25, -0.2) is 4.98 Å². The maximum Gasteiger partial charge on any atom is 0.349 e. The van der Waals surface area contributed by atoms with Crippen LogP contribution in [0.15, 0.2) is 65.3 Å². The van der Waals surface area contributed by atoms with Gasteiger partial charge in [0.1, 0.15) is 6.26 Å². The van der Waals surface area contributed by atoms with E-state index in [1.165, 1.54) is 30.5 Å². The molecule has 1 fully saturated rings. The van der Waals surface area contributed by atoms with Gasteiger partial charge in [-0.1, -0.05) is 55.3 Å². The molecule has 2 aromatic carbocycles. The van der Waals surface area contributed by atoms with E-state index in [0.29, 0.717) is 17.0 Å². The molecule has 4 rings (SSSR count). The second-order valence-electron chi connectivity index (χ2n) is 8.06. The molecular formula is C25H25F2N3O3.